The van der Waals surface area contributed by atoms with Crippen molar-refractivity contribution in [1.82, 2.24) is 4.72 Å². The molecule has 0 aromatic heterocycles. The van der Waals surface area contributed by atoms with Crippen molar-refractivity contribution in [2.75, 3.05) is 33.6 Å². The Kier molecular flexibility index (Phi) is 9.11. The van der Waals surface area contributed by atoms with E-state index in [1.807, 2.05) is 6.07 Å². The maximum atomic E-state index is 12.9. The van der Waals surface area contributed by atoms with Crippen molar-refractivity contribution in [1.29, 1.82) is 5.26 Å². The molecule has 0 saturated carbocycles. The van der Waals surface area contributed by atoms with Gasteiger partial charge >= 0.3 is 5.97 Å². The van der Waals surface area contributed by atoms with E-state index in [0.717, 1.165) is 6.26 Å². The van der Waals surface area contributed by atoms with Crippen LogP contribution in [-0.4, -0.2) is 56.4 Å². The third kappa shape index (κ3) is 6.89. The molecule has 38 heavy (non-hydrogen) atoms. The summed E-state index contributed by atoms with van der Waals surface area (Å²) in [7, 11) is -5.01. The maximum Gasteiger partial charge on any atom is 0.343 e. The Balaban J connectivity index is 1.90. The zero-order valence-corrected chi connectivity index (χ0v) is 22.6. The van der Waals surface area contributed by atoms with Crippen molar-refractivity contribution in [3.8, 4) is 28.7 Å². The highest BCUT2D eigenvalue weighted by Crippen LogP contribution is 2.32. The molecule has 3 rings (SSSR count). The molecule has 12 heteroatoms. The Morgan fingerprint density at radius 1 is 0.947 bits per heavy atom. The van der Waals surface area contributed by atoms with Gasteiger partial charge in [0.25, 0.3) is 0 Å². The highest BCUT2D eigenvalue weighted by Gasteiger charge is 2.21. The Bertz CT molecular complexity index is 1590. The summed E-state index contributed by atoms with van der Waals surface area (Å²) in [6.07, 6.45) is 1.28. The van der Waals surface area contributed by atoms with E-state index < -0.39 is 32.4 Å². The Hall–Kier alpha value is -3.92. The van der Waals surface area contributed by atoms with Gasteiger partial charge in [0.1, 0.15) is 16.4 Å². The third-order valence-electron chi connectivity index (χ3n) is 5.51. The fourth-order valence-electron chi connectivity index (χ4n) is 3.64. The summed E-state index contributed by atoms with van der Waals surface area (Å²) in [4.78, 5) is 11.7. The van der Waals surface area contributed by atoms with Gasteiger partial charge in [-0.1, -0.05) is 30.3 Å². The highest BCUT2D eigenvalue weighted by atomic mass is 32.2. The lowest BCUT2D eigenvalue weighted by Gasteiger charge is -2.15. The molecular weight excluding hydrogens is 532 g/mol. The number of carbonyl (C=O) groups is 1. The van der Waals surface area contributed by atoms with Crippen LogP contribution in [0.5, 0.6) is 11.5 Å². The first kappa shape index (κ1) is 28.6. The van der Waals surface area contributed by atoms with E-state index in [-0.39, 0.29) is 39.8 Å². The number of nitrogens with zero attached hydrogens (tertiary/aromatic N) is 1. The fourth-order valence-corrected chi connectivity index (χ4v) is 5.78. The highest BCUT2D eigenvalue weighted by molar-refractivity contribution is 7.91. The first-order chi connectivity index (χ1) is 18.0. The van der Waals surface area contributed by atoms with Crippen LogP contribution in [0.3, 0.4) is 0 Å². The van der Waals surface area contributed by atoms with Gasteiger partial charge in [-0.25, -0.2) is 26.4 Å². The summed E-state index contributed by atoms with van der Waals surface area (Å²) in [6, 6.07) is 17.4. The van der Waals surface area contributed by atoms with Crippen molar-refractivity contribution in [2.45, 2.75) is 16.2 Å². The molecule has 0 aliphatic carbocycles. The lowest BCUT2D eigenvalue weighted by atomic mass is 10.0. The van der Waals surface area contributed by atoms with Gasteiger partial charge in [0.2, 0.25) is 10.0 Å². The molecule has 200 valence electrons. The number of methoxy groups -OCH3 is 2. The smallest absolute Gasteiger partial charge is 0.343 e. The molecule has 0 heterocycles. The van der Waals surface area contributed by atoms with Gasteiger partial charge in [-0.3, -0.25) is 0 Å². The van der Waals surface area contributed by atoms with Crippen LogP contribution >= 0.6 is 0 Å². The van der Waals surface area contributed by atoms with Crippen molar-refractivity contribution in [3.05, 3.63) is 71.8 Å². The number of hydrogen-bond donors (Lipinski definition) is 1. The van der Waals surface area contributed by atoms with Crippen molar-refractivity contribution < 1.29 is 35.8 Å². The zero-order valence-electron chi connectivity index (χ0n) is 20.9. The SMILES string of the molecule is COC(=O)COc1cc(-c2ccccc2S(C)(=O)=O)ccc1CCNS(=O)(=O)c1cc(C#N)ccc1OC. The fraction of sp³-hybridized carbons (Fsp3) is 0.231. The number of sulfone groups is 1. The average Bonchev–Trinajstić information content (AvgIpc) is 2.91. The monoisotopic (exact) mass is 558 g/mol. The predicted molar refractivity (Wildman–Crippen MR) is 139 cm³/mol. The first-order valence-electron chi connectivity index (χ1n) is 11.2. The van der Waals surface area contributed by atoms with Crippen LogP contribution in [0.1, 0.15) is 11.1 Å². The summed E-state index contributed by atoms with van der Waals surface area (Å²) in [5.74, 6) is -0.269. The van der Waals surface area contributed by atoms with E-state index >= 15 is 0 Å². The van der Waals surface area contributed by atoms with Crippen LogP contribution in [0.2, 0.25) is 0 Å². The molecule has 1 N–H and O–H groups in total. The lowest BCUT2D eigenvalue weighted by Crippen LogP contribution is -2.26. The molecule has 3 aromatic carbocycles. The van der Waals surface area contributed by atoms with Crippen LogP contribution in [-0.2, 0) is 35.8 Å². The molecule has 0 aliphatic rings. The molecule has 0 atom stereocenters. The molecule has 0 radical (unpaired) electrons. The summed E-state index contributed by atoms with van der Waals surface area (Å²) in [5, 5.41) is 9.13. The minimum absolute atomic E-state index is 0.0455. The maximum absolute atomic E-state index is 12.9. The van der Waals surface area contributed by atoms with Gasteiger partial charge < -0.3 is 14.2 Å². The Morgan fingerprint density at radius 3 is 2.34 bits per heavy atom. The van der Waals surface area contributed by atoms with Crippen LogP contribution in [0, 0.1) is 11.3 Å². The number of nitriles is 1. The summed E-state index contributed by atoms with van der Waals surface area (Å²) < 4.78 is 68.3. The van der Waals surface area contributed by atoms with Crippen molar-refractivity contribution >= 4 is 25.8 Å². The average molecular weight is 559 g/mol. The minimum Gasteiger partial charge on any atom is -0.495 e. The van der Waals surface area contributed by atoms with Gasteiger partial charge in [-0.15, -0.1) is 0 Å². The van der Waals surface area contributed by atoms with E-state index in [4.69, 9.17) is 14.7 Å². The van der Waals surface area contributed by atoms with Gasteiger partial charge in [-0.2, -0.15) is 5.26 Å². The molecule has 0 amide bonds. The number of ether oxygens (including phenoxy) is 3. The summed E-state index contributed by atoms with van der Waals surface area (Å²) in [6.45, 7) is -0.444. The molecular formula is C26H26N2O8S2. The number of sulfonamides is 1. The quantitative estimate of drug-likeness (QED) is 0.351. The number of esters is 1. The van der Waals surface area contributed by atoms with Crippen molar-refractivity contribution in [3.63, 3.8) is 0 Å². The summed E-state index contributed by atoms with van der Waals surface area (Å²) >= 11 is 0. The van der Waals surface area contributed by atoms with Gasteiger partial charge in [-0.05, 0) is 47.9 Å². The molecule has 0 spiro atoms. The summed E-state index contributed by atoms with van der Waals surface area (Å²) in [5.41, 5.74) is 1.72. The molecule has 0 saturated heterocycles. The number of carbonyl (C=O) groups excluding carboxylic acids is 1. The van der Waals surface area contributed by atoms with Crippen molar-refractivity contribution in [2.24, 2.45) is 0 Å². The predicted octanol–water partition coefficient (Wildman–Crippen LogP) is 2.71. The number of nitrogens with one attached hydrogen (secondary N) is 1. The standard InChI is InChI=1S/C26H26N2O8S2/c1-34-22-11-8-18(16-27)14-25(22)38(32,33)28-13-12-19-9-10-20(15-23(19)36-17-26(29)35-2)21-6-4-5-7-24(21)37(3,30)31/h4-11,14-15,28H,12-13,17H2,1-3H3. The second-order valence-corrected chi connectivity index (χ2v) is 11.8. The van der Waals surface area contributed by atoms with Gasteiger partial charge in [0, 0.05) is 18.4 Å². The lowest BCUT2D eigenvalue weighted by molar-refractivity contribution is -0.142. The third-order valence-corrected chi connectivity index (χ3v) is 8.14. The number of hydrogen-bond acceptors (Lipinski definition) is 9. The van der Waals surface area contributed by atoms with Gasteiger partial charge in [0.05, 0.1) is 30.7 Å². The van der Waals surface area contributed by atoms with E-state index in [0.29, 0.717) is 16.7 Å². The van der Waals surface area contributed by atoms with Crippen LogP contribution in [0.4, 0.5) is 0 Å². The first-order valence-corrected chi connectivity index (χ1v) is 14.6. The van der Waals surface area contributed by atoms with Crippen LogP contribution in [0.25, 0.3) is 11.1 Å². The van der Waals surface area contributed by atoms with Gasteiger partial charge in [0.15, 0.2) is 16.4 Å². The molecule has 10 nitrogen and oxygen atoms in total. The molecule has 0 bridgehead atoms. The van der Waals surface area contributed by atoms with E-state index in [1.165, 1.54) is 38.5 Å². The molecule has 3 aromatic rings. The number of rotatable bonds is 11. The Morgan fingerprint density at radius 2 is 1.68 bits per heavy atom. The second kappa shape index (κ2) is 12.1. The van der Waals surface area contributed by atoms with E-state index in [1.54, 1.807) is 36.4 Å². The second-order valence-electron chi connectivity index (χ2n) is 8.08. The van der Waals surface area contributed by atoms with Crippen LogP contribution < -0.4 is 14.2 Å². The molecule has 0 unspecified atom stereocenters. The molecule has 0 fully saturated rings. The zero-order chi connectivity index (χ0) is 27.9. The Labute approximate surface area is 221 Å². The number of benzene rings is 3. The topological polar surface area (TPSA) is 149 Å². The minimum atomic E-state index is -4.03. The van der Waals surface area contributed by atoms with E-state index in [2.05, 4.69) is 9.46 Å². The normalized spacial score (nSPS) is 11.4. The largest absolute Gasteiger partial charge is 0.495 e. The van der Waals surface area contributed by atoms with Crippen LogP contribution in [0.15, 0.2) is 70.5 Å². The van der Waals surface area contributed by atoms with E-state index in [9.17, 15) is 21.6 Å². The molecule has 0 aliphatic heterocycles.